The molecule has 1 aliphatic rings. The molecule has 0 N–H and O–H groups in total. The third-order valence-electron chi connectivity index (χ3n) is 5.04. The number of hydrogen-bond donors (Lipinski definition) is 0. The molecular weight excluding hydrogens is 316 g/mol. The summed E-state index contributed by atoms with van der Waals surface area (Å²) < 4.78 is 11.4. The first-order valence-electron chi connectivity index (χ1n) is 9.03. The summed E-state index contributed by atoms with van der Waals surface area (Å²) in [4.78, 5) is 24.5. The van der Waals surface area contributed by atoms with Gasteiger partial charge in [0.1, 0.15) is 17.9 Å². The van der Waals surface area contributed by atoms with Gasteiger partial charge in [0.05, 0.1) is 0 Å². The van der Waals surface area contributed by atoms with Crippen molar-refractivity contribution in [1.82, 2.24) is 0 Å². The molecule has 0 spiro atoms. The maximum absolute atomic E-state index is 12.4. The molecule has 0 aliphatic heterocycles. The van der Waals surface area contributed by atoms with E-state index in [0.717, 1.165) is 54.2 Å². The van der Waals surface area contributed by atoms with Gasteiger partial charge in [-0.2, -0.15) is 0 Å². The highest BCUT2D eigenvalue weighted by atomic mass is 16.5. The number of ether oxygens (including phenoxy) is 1. The molecule has 0 saturated carbocycles. The van der Waals surface area contributed by atoms with Gasteiger partial charge in [-0.05, 0) is 50.3 Å². The van der Waals surface area contributed by atoms with E-state index in [1.165, 1.54) is 0 Å². The monoisotopic (exact) mass is 342 g/mol. The minimum Gasteiger partial charge on any atom is -0.485 e. The van der Waals surface area contributed by atoms with Crippen LogP contribution in [0.15, 0.2) is 21.3 Å². The zero-order chi connectivity index (χ0) is 18.2. The first kappa shape index (κ1) is 17.7. The zero-order valence-corrected chi connectivity index (χ0v) is 15.5. The van der Waals surface area contributed by atoms with Gasteiger partial charge in [-0.25, -0.2) is 4.79 Å². The van der Waals surface area contributed by atoms with Crippen LogP contribution in [0.3, 0.4) is 0 Å². The molecule has 0 saturated heterocycles. The summed E-state index contributed by atoms with van der Waals surface area (Å²) in [6, 6.07) is 3.85. The van der Waals surface area contributed by atoms with Crippen LogP contribution in [0.25, 0.3) is 11.0 Å². The fraction of sp³-hybridized carbons (Fsp3) is 0.524. The van der Waals surface area contributed by atoms with Crippen molar-refractivity contribution in [2.75, 3.05) is 6.61 Å². The molecule has 1 heterocycles. The summed E-state index contributed by atoms with van der Waals surface area (Å²) in [6.07, 6.45) is 5.00. The number of rotatable bonds is 3. The van der Waals surface area contributed by atoms with E-state index in [1.807, 2.05) is 39.8 Å². The lowest BCUT2D eigenvalue weighted by Gasteiger charge is -2.18. The van der Waals surface area contributed by atoms with Crippen molar-refractivity contribution in [2.45, 2.75) is 59.8 Å². The van der Waals surface area contributed by atoms with Crippen molar-refractivity contribution in [3.63, 3.8) is 0 Å². The molecule has 0 fully saturated rings. The Balaban J connectivity index is 2.00. The molecule has 0 amide bonds. The molecule has 2 aromatic rings. The summed E-state index contributed by atoms with van der Waals surface area (Å²) in [5.74, 6) is 0.636. The van der Waals surface area contributed by atoms with E-state index in [2.05, 4.69) is 0 Å². The standard InChI is InChI=1S/C21H26O4/c1-13-17(24-12-18(22)21(2,3)4)11-10-15-14-8-6-5-7-9-16(14)20(23)25-19(13)15/h10-11H,5-9,12H2,1-4H3. The molecule has 25 heavy (non-hydrogen) atoms. The number of fused-ring (bicyclic) bond motifs is 3. The maximum atomic E-state index is 12.4. The number of hydrogen-bond acceptors (Lipinski definition) is 4. The first-order valence-corrected chi connectivity index (χ1v) is 9.03. The highest BCUT2D eigenvalue weighted by Crippen LogP contribution is 2.32. The van der Waals surface area contributed by atoms with Crippen LogP contribution >= 0.6 is 0 Å². The fourth-order valence-electron chi connectivity index (χ4n) is 3.32. The van der Waals surface area contributed by atoms with Crippen LogP contribution in [-0.4, -0.2) is 12.4 Å². The van der Waals surface area contributed by atoms with Gasteiger partial charge in [0.25, 0.3) is 0 Å². The van der Waals surface area contributed by atoms with Crippen molar-refractivity contribution in [1.29, 1.82) is 0 Å². The average Bonchev–Trinajstić information content (AvgIpc) is 2.80. The van der Waals surface area contributed by atoms with Gasteiger partial charge in [-0.15, -0.1) is 0 Å². The van der Waals surface area contributed by atoms with E-state index < -0.39 is 5.41 Å². The van der Waals surface area contributed by atoms with Crippen molar-refractivity contribution in [3.8, 4) is 5.75 Å². The molecule has 0 atom stereocenters. The van der Waals surface area contributed by atoms with Crippen LogP contribution in [0.4, 0.5) is 0 Å². The number of aryl methyl sites for hydroxylation is 2. The van der Waals surface area contributed by atoms with Crippen molar-refractivity contribution in [2.24, 2.45) is 5.41 Å². The normalized spacial score (nSPS) is 14.9. The fourth-order valence-corrected chi connectivity index (χ4v) is 3.32. The van der Waals surface area contributed by atoms with Gasteiger partial charge < -0.3 is 9.15 Å². The van der Waals surface area contributed by atoms with Crippen LogP contribution in [0.2, 0.25) is 0 Å². The predicted molar refractivity (Wildman–Crippen MR) is 98.4 cm³/mol. The lowest BCUT2D eigenvalue weighted by atomic mass is 9.91. The smallest absolute Gasteiger partial charge is 0.339 e. The largest absolute Gasteiger partial charge is 0.485 e. The Labute approximate surface area is 148 Å². The summed E-state index contributed by atoms with van der Waals surface area (Å²) >= 11 is 0. The third kappa shape index (κ3) is 3.48. The Hall–Kier alpha value is -2.10. The second kappa shape index (κ2) is 6.66. The molecular formula is C21H26O4. The first-order chi connectivity index (χ1) is 11.8. The van der Waals surface area contributed by atoms with E-state index >= 15 is 0 Å². The summed E-state index contributed by atoms with van der Waals surface area (Å²) in [5, 5.41) is 1.00. The topological polar surface area (TPSA) is 56.5 Å². The van der Waals surface area contributed by atoms with E-state index in [1.54, 1.807) is 0 Å². The molecule has 4 heteroatoms. The molecule has 1 aromatic carbocycles. The van der Waals surface area contributed by atoms with Gasteiger partial charge in [0, 0.05) is 21.9 Å². The minimum absolute atomic E-state index is 0.0189. The van der Waals surface area contributed by atoms with Crippen LogP contribution < -0.4 is 10.4 Å². The van der Waals surface area contributed by atoms with Crippen molar-refractivity contribution < 1.29 is 13.9 Å². The van der Waals surface area contributed by atoms with Gasteiger partial charge in [0.15, 0.2) is 5.78 Å². The SMILES string of the molecule is Cc1c(OCC(=O)C(C)(C)C)ccc2c3c(c(=O)oc12)CCCCC3. The molecule has 0 bridgehead atoms. The molecule has 0 radical (unpaired) electrons. The molecule has 4 nitrogen and oxygen atoms in total. The lowest BCUT2D eigenvalue weighted by Crippen LogP contribution is -2.26. The highest BCUT2D eigenvalue weighted by Gasteiger charge is 2.23. The zero-order valence-electron chi connectivity index (χ0n) is 15.5. The van der Waals surface area contributed by atoms with E-state index in [0.29, 0.717) is 11.3 Å². The average molecular weight is 342 g/mol. The molecule has 134 valence electrons. The van der Waals surface area contributed by atoms with Gasteiger partial charge >= 0.3 is 5.63 Å². The quantitative estimate of drug-likeness (QED) is 0.614. The van der Waals surface area contributed by atoms with Crippen molar-refractivity contribution >= 4 is 16.8 Å². The Morgan fingerprint density at radius 2 is 1.80 bits per heavy atom. The molecule has 3 rings (SSSR count). The molecule has 0 unspecified atom stereocenters. The predicted octanol–water partition coefficient (Wildman–Crippen LogP) is 4.36. The van der Waals surface area contributed by atoms with Crippen LogP contribution in [0, 0.1) is 12.3 Å². The van der Waals surface area contributed by atoms with Gasteiger partial charge in [-0.1, -0.05) is 27.2 Å². The summed E-state index contributed by atoms with van der Waals surface area (Å²) in [7, 11) is 0. The summed E-state index contributed by atoms with van der Waals surface area (Å²) in [5.41, 5.74) is 2.67. The van der Waals surface area contributed by atoms with Crippen molar-refractivity contribution in [3.05, 3.63) is 39.2 Å². The van der Waals surface area contributed by atoms with E-state index in [-0.39, 0.29) is 18.0 Å². The Bertz CT molecular complexity index is 868. The van der Waals surface area contributed by atoms with Crippen LogP contribution in [0.5, 0.6) is 5.75 Å². The number of carbonyl (C=O) groups is 1. The van der Waals surface area contributed by atoms with E-state index in [4.69, 9.17) is 9.15 Å². The van der Waals surface area contributed by atoms with Crippen LogP contribution in [0.1, 0.15) is 56.7 Å². The number of carbonyl (C=O) groups excluding carboxylic acids is 1. The minimum atomic E-state index is -0.436. The highest BCUT2D eigenvalue weighted by molar-refractivity contribution is 5.87. The number of ketones is 1. The molecule has 1 aromatic heterocycles. The number of Topliss-reactive ketones (excluding diaryl/α,β-unsaturated/α-hetero) is 1. The van der Waals surface area contributed by atoms with Gasteiger partial charge in [-0.3, -0.25) is 4.79 Å². The second-order valence-electron chi connectivity index (χ2n) is 7.93. The van der Waals surface area contributed by atoms with Crippen LogP contribution in [-0.2, 0) is 17.6 Å². The van der Waals surface area contributed by atoms with Gasteiger partial charge in [0.2, 0.25) is 0 Å². The maximum Gasteiger partial charge on any atom is 0.339 e. The molecule has 1 aliphatic carbocycles. The summed E-state index contributed by atoms with van der Waals surface area (Å²) in [6.45, 7) is 7.52. The lowest BCUT2D eigenvalue weighted by molar-refractivity contribution is -0.128. The Morgan fingerprint density at radius 3 is 2.48 bits per heavy atom. The third-order valence-corrected chi connectivity index (χ3v) is 5.04. The Kier molecular flexibility index (Phi) is 4.72. The number of benzene rings is 1. The van der Waals surface area contributed by atoms with E-state index in [9.17, 15) is 9.59 Å². The second-order valence-corrected chi connectivity index (χ2v) is 7.93. The Morgan fingerprint density at radius 1 is 1.12 bits per heavy atom.